The maximum Gasteiger partial charge on any atom is 0.325 e. The van der Waals surface area contributed by atoms with Crippen LogP contribution in [0.1, 0.15) is 47.0 Å². The highest BCUT2D eigenvalue weighted by Crippen LogP contribution is 2.20. The molecule has 0 aromatic heterocycles. The summed E-state index contributed by atoms with van der Waals surface area (Å²) in [6.45, 7) is 6.44. The zero-order valence-corrected chi connectivity index (χ0v) is 19.4. The van der Waals surface area contributed by atoms with Crippen LogP contribution in [0.25, 0.3) is 0 Å². The molecule has 0 saturated heterocycles. The van der Waals surface area contributed by atoms with Gasteiger partial charge in [0, 0.05) is 14.2 Å². The number of aliphatic hydroxyl groups is 2. The number of nitrogens with zero attached hydrogens (tertiary/aromatic N) is 3. The van der Waals surface area contributed by atoms with Crippen molar-refractivity contribution < 1.29 is 44.7 Å². The summed E-state index contributed by atoms with van der Waals surface area (Å²) in [6.07, 6.45) is 0.672. The molecule has 0 saturated carbocycles. The Morgan fingerprint density at radius 3 is 1.26 bits per heavy atom. The van der Waals surface area contributed by atoms with Crippen molar-refractivity contribution in [3.8, 4) is 18.2 Å². The molecule has 0 heterocycles. The molecule has 12 nitrogen and oxygen atoms in total. The fourth-order valence-corrected chi connectivity index (χ4v) is 0.909. The molecular formula is C19H36N3O9+. The second-order valence-corrected chi connectivity index (χ2v) is 5.30. The average molecular weight is 451 g/mol. The molecule has 0 bridgehead atoms. The summed E-state index contributed by atoms with van der Waals surface area (Å²) in [5, 5.41) is 47.1. The molecule has 0 spiro atoms. The fourth-order valence-electron chi connectivity index (χ4n) is 0.909. The van der Waals surface area contributed by atoms with E-state index in [1.54, 1.807) is 32.9 Å². The molecule has 0 aliphatic rings. The smallest absolute Gasteiger partial charge is 0.325 e. The van der Waals surface area contributed by atoms with Crippen LogP contribution in [0.15, 0.2) is 0 Å². The third-order valence-electron chi connectivity index (χ3n) is 3.47. The molecule has 0 aromatic rings. The fraction of sp³-hybridized carbons (Fsp3) is 0.684. The van der Waals surface area contributed by atoms with Gasteiger partial charge in [0.2, 0.25) is 0 Å². The van der Waals surface area contributed by atoms with Gasteiger partial charge in [0.05, 0.1) is 32.4 Å². The number of carboxylic acids is 1. The number of rotatable bonds is 5. The van der Waals surface area contributed by atoms with E-state index in [1.165, 1.54) is 21.1 Å². The number of aliphatic hydroxyl groups excluding tert-OH is 2. The highest BCUT2D eigenvalue weighted by Gasteiger charge is 2.32. The van der Waals surface area contributed by atoms with Crippen LogP contribution in [0.4, 0.5) is 0 Å². The van der Waals surface area contributed by atoms with Gasteiger partial charge in [0.25, 0.3) is 0 Å². The van der Waals surface area contributed by atoms with Crippen LogP contribution in [-0.4, -0.2) is 61.7 Å². The first-order valence-electron chi connectivity index (χ1n) is 8.45. The van der Waals surface area contributed by atoms with E-state index in [0.29, 0.717) is 12.8 Å². The minimum Gasteiger partial charge on any atom is -0.480 e. The Morgan fingerprint density at radius 1 is 0.839 bits per heavy atom. The van der Waals surface area contributed by atoms with E-state index < -0.39 is 28.7 Å². The quantitative estimate of drug-likeness (QED) is 0.384. The number of hydrogen-bond acceptors (Lipinski definition) is 10. The monoisotopic (exact) mass is 450 g/mol. The van der Waals surface area contributed by atoms with E-state index in [4.69, 9.17) is 31.1 Å². The predicted molar refractivity (Wildman–Crippen MR) is 111 cm³/mol. The van der Waals surface area contributed by atoms with Crippen LogP contribution in [0, 0.1) is 44.8 Å². The molecule has 0 fully saturated rings. The first-order valence-corrected chi connectivity index (χ1v) is 8.45. The zero-order chi connectivity index (χ0) is 25.4. The molecule has 0 aromatic carbocycles. The molecule has 0 radical (unpaired) electrons. The van der Waals surface area contributed by atoms with Gasteiger partial charge < -0.3 is 30.3 Å². The Morgan fingerprint density at radius 2 is 1.19 bits per heavy atom. The van der Waals surface area contributed by atoms with Gasteiger partial charge in [0.1, 0.15) is 6.42 Å². The Hall–Kier alpha value is -3.24. The van der Waals surface area contributed by atoms with E-state index in [0.717, 1.165) is 14.2 Å². The van der Waals surface area contributed by atoms with Crippen molar-refractivity contribution in [2.45, 2.75) is 47.0 Å². The minimum atomic E-state index is -1.19. The maximum atomic E-state index is 10.9. The maximum absolute atomic E-state index is 10.9. The molecule has 31 heavy (non-hydrogen) atoms. The highest BCUT2D eigenvalue weighted by atomic mass is 16.5. The second-order valence-electron chi connectivity index (χ2n) is 5.30. The Balaban J connectivity index is -0.0000000694. The van der Waals surface area contributed by atoms with Gasteiger partial charge in [-0.1, -0.05) is 13.8 Å². The molecule has 0 rings (SSSR count). The summed E-state index contributed by atoms with van der Waals surface area (Å²) in [6, 6.07) is 5.28. The Labute approximate surface area is 183 Å². The Bertz CT molecular complexity index is 606. The molecule has 2 unspecified atom stereocenters. The van der Waals surface area contributed by atoms with Gasteiger partial charge in [-0.05, 0) is 26.7 Å². The van der Waals surface area contributed by atoms with Crippen LogP contribution in [0.5, 0.6) is 0 Å². The number of aliphatic carboxylic acids is 1. The standard InChI is InChI=1S/C7H11NO2.C6H9NO2.C4H5NO2.2CH4O.H2O/c1-4-7(2,5-8)6(9)10-3;1-3-6(2,4-7)5(8)9;1-7-4(6)2-3-5;2*1-2;/h4H2,1-3H3;3H2,1-2H3,(H,8,9);2H2,1H3;2*2H,1H3;1H2/p+1. The molecule has 0 amide bonds. The lowest BCUT2D eigenvalue weighted by Gasteiger charge is -2.14. The van der Waals surface area contributed by atoms with Crippen molar-refractivity contribution in [1.82, 2.24) is 0 Å². The first kappa shape index (κ1) is 42.0. The molecule has 2 atom stereocenters. The molecule has 0 aliphatic heterocycles. The largest absolute Gasteiger partial charge is 0.480 e. The van der Waals surface area contributed by atoms with Crippen molar-refractivity contribution in [1.29, 1.82) is 15.8 Å². The molecule has 0 aliphatic carbocycles. The van der Waals surface area contributed by atoms with E-state index in [9.17, 15) is 14.4 Å². The van der Waals surface area contributed by atoms with Crippen molar-refractivity contribution >= 4 is 17.9 Å². The van der Waals surface area contributed by atoms with Crippen LogP contribution in [-0.2, 0) is 29.3 Å². The second kappa shape index (κ2) is 26.8. The van der Waals surface area contributed by atoms with Crippen LogP contribution >= 0.6 is 0 Å². The van der Waals surface area contributed by atoms with Crippen LogP contribution in [0.3, 0.4) is 0 Å². The van der Waals surface area contributed by atoms with Crippen molar-refractivity contribution in [3.63, 3.8) is 0 Å². The van der Waals surface area contributed by atoms with Gasteiger partial charge in [-0.3, -0.25) is 14.4 Å². The SMILES string of the molecule is CCC(C)(C#N)C(=O)O.CCC(C)(C#N)C(=O)OC.CO.CO.COC(=O)CC#N.[OH3+]. The van der Waals surface area contributed by atoms with Gasteiger partial charge in [-0.15, -0.1) is 0 Å². The van der Waals surface area contributed by atoms with E-state index in [-0.39, 0.29) is 11.9 Å². The topological polar surface area (TPSA) is 235 Å². The highest BCUT2D eigenvalue weighted by molar-refractivity contribution is 5.79. The number of hydrogen-bond donors (Lipinski definition) is 3. The molecule has 180 valence electrons. The number of ether oxygens (including phenoxy) is 2. The average Bonchev–Trinajstić information content (AvgIpc) is 2.80. The normalized spacial score (nSPS) is 11.3. The number of carbonyl (C=O) groups is 3. The summed E-state index contributed by atoms with van der Waals surface area (Å²) in [4.78, 5) is 31.1. The third kappa shape index (κ3) is 21.3. The van der Waals surface area contributed by atoms with E-state index >= 15 is 0 Å². The zero-order valence-electron chi connectivity index (χ0n) is 19.4. The van der Waals surface area contributed by atoms with E-state index in [1.807, 2.05) is 6.07 Å². The van der Waals surface area contributed by atoms with Gasteiger partial charge in [0.15, 0.2) is 10.8 Å². The first-order chi connectivity index (χ1) is 14.0. The minimum absolute atomic E-state index is 0. The van der Waals surface area contributed by atoms with Crippen molar-refractivity contribution in [3.05, 3.63) is 0 Å². The van der Waals surface area contributed by atoms with Crippen molar-refractivity contribution in [2.24, 2.45) is 10.8 Å². The Kier molecular flexibility index (Phi) is 36.2. The number of methoxy groups -OCH3 is 2. The summed E-state index contributed by atoms with van der Waals surface area (Å²) >= 11 is 0. The third-order valence-corrected chi connectivity index (χ3v) is 3.47. The summed E-state index contributed by atoms with van der Waals surface area (Å²) in [5.74, 6) is -1.99. The lowest BCUT2D eigenvalue weighted by atomic mass is 9.90. The van der Waals surface area contributed by atoms with Crippen LogP contribution in [0.2, 0.25) is 0 Å². The number of nitriles is 3. The summed E-state index contributed by atoms with van der Waals surface area (Å²) < 4.78 is 8.56. The molecule has 6 N–H and O–H groups in total. The lowest BCUT2D eigenvalue weighted by molar-refractivity contribution is -0.148. The predicted octanol–water partition coefficient (Wildman–Crippen LogP) is 0.478. The molecular weight excluding hydrogens is 414 g/mol. The van der Waals surface area contributed by atoms with Gasteiger partial charge in [-0.2, -0.15) is 15.8 Å². The lowest BCUT2D eigenvalue weighted by Crippen LogP contribution is -2.26. The number of esters is 2. The summed E-state index contributed by atoms with van der Waals surface area (Å²) in [7, 11) is 4.53. The molecule has 12 heteroatoms. The van der Waals surface area contributed by atoms with Crippen molar-refractivity contribution in [2.75, 3.05) is 28.4 Å². The van der Waals surface area contributed by atoms with Gasteiger partial charge in [-0.25, -0.2) is 0 Å². The number of carbonyl (C=O) groups excluding carboxylic acids is 2. The number of carboxylic acid groups (broad SMARTS) is 1. The van der Waals surface area contributed by atoms with E-state index in [2.05, 4.69) is 9.47 Å². The van der Waals surface area contributed by atoms with Gasteiger partial charge >= 0.3 is 17.9 Å². The van der Waals surface area contributed by atoms with Crippen LogP contribution < -0.4 is 0 Å². The summed E-state index contributed by atoms with van der Waals surface area (Å²) in [5.41, 5.74) is -2.16.